The van der Waals surface area contributed by atoms with Gasteiger partial charge in [-0.25, -0.2) is 12.7 Å². The molecular formula is C23H23ClN4O3S. The van der Waals surface area contributed by atoms with Crippen LogP contribution in [-0.2, 0) is 33.3 Å². The second-order valence-corrected chi connectivity index (χ2v) is 11.5. The molecule has 9 heteroatoms. The van der Waals surface area contributed by atoms with E-state index in [2.05, 4.69) is 15.6 Å². The molecule has 0 radical (unpaired) electrons. The smallest absolute Gasteiger partial charge is 0.238 e. The molecule has 32 heavy (non-hydrogen) atoms. The molecule has 1 saturated heterocycles. The lowest BCUT2D eigenvalue weighted by atomic mass is 9.99. The van der Waals surface area contributed by atoms with Gasteiger partial charge in [0.25, 0.3) is 0 Å². The van der Waals surface area contributed by atoms with Gasteiger partial charge in [0.05, 0.1) is 29.6 Å². The highest BCUT2D eigenvalue weighted by atomic mass is 35.5. The lowest BCUT2D eigenvalue weighted by Gasteiger charge is -2.21. The van der Waals surface area contributed by atoms with Crippen molar-refractivity contribution in [2.45, 2.75) is 37.8 Å². The molecule has 0 N–H and O–H groups in total. The number of carbonyl (C=O) groups is 1. The third-order valence-electron chi connectivity index (χ3n) is 7.06. The standard InChI is InChI=1S/C23H23ClN4O3S/c24-17-2-3-20-16(12-17)13-18(27(20)10-9-26-8-1-11-32(26,30)31)15-28-21-14-25-7-4-19(21)23(5-6-23)22(28)29/h2-4,7,12-14H,1,5-6,8-11,15H2. The average Bonchev–Trinajstić information content (AvgIpc) is 3.35. The molecule has 0 bridgehead atoms. The quantitative estimate of drug-likeness (QED) is 0.573. The fraction of sp³-hybridized carbons (Fsp3) is 0.391. The molecule has 3 aromatic rings. The number of benzene rings is 1. The molecule has 166 valence electrons. The summed E-state index contributed by atoms with van der Waals surface area (Å²) in [5.74, 6) is 0.355. The molecule has 3 aliphatic rings. The van der Waals surface area contributed by atoms with E-state index in [0.29, 0.717) is 37.6 Å². The van der Waals surface area contributed by atoms with E-state index in [1.54, 1.807) is 16.7 Å². The first-order chi connectivity index (χ1) is 15.4. The Morgan fingerprint density at radius 1 is 1.12 bits per heavy atom. The van der Waals surface area contributed by atoms with E-state index in [1.807, 2.05) is 29.2 Å². The van der Waals surface area contributed by atoms with Crippen LogP contribution in [0.25, 0.3) is 10.9 Å². The van der Waals surface area contributed by atoms with Crippen molar-refractivity contribution >= 4 is 44.1 Å². The van der Waals surface area contributed by atoms with Crippen molar-refractivity contribution in [3.8, 4) is 0 Å². The molecule has 1 aliphatic carbocycles. The van der Waals surface area contributed by atoms with Crippen molar-refractivity contribution in [1.82, 2.24) is 13.9 Å². The minimum absolute atomic E-state index is 0.137. The van der Waals surface area contributed by atoms with Crippen LogP contribution in [-0.4, -0.2) is 47.0 Å². The van der Waals surface area contributed by atoms with Crippen LogP contribution >= 0.6 is 11.6 Å². The van der Waals surface area contributed by atoms with E-state index in [-0.39, 0.29) is 17.1 Å². The SMILES string of the molecule is O=C1N(Cc2cc3cc(Cl)ccc3n2CCN2CCCS2(=O)=O)c2cnccc2C12CC2. The average molecular weight is 471 g/mol. The summed E-state index contributed by atoms with van der Waals surface area (Å²) < 4.78 is 28.3. The third-order valence-corrected chi connectivity index (χ3v) is 9.25. The van der Waals surface area contributed by atoms with Crippen molar-refractivity contribution in [3.63, 3.8) is 0 Å². The van der Waals surface area contributed by atoms with Gasteiger partial charge in [-0.2, -0.15) is 0 Å². The van der Waals surface area contributed by atoms with Gasteiger partial charge < -0.3 is 9.47 Å². The van der Waals surface area contributed by atoms with Crippen molar-refractivity contribution < 1.29 is 13.2 Å². The van der Waals surface area contributed by atoms with Gasteiger partial charge in [-0.3, -0.25) is 9.78 Å². The Balaban J connectivity index is 1.37. The molecule has 1 spiro atoms. The van der Waals surface area contributed by atoms with Crippen molar-refractivity contribution in [2.75, 3.05) is 23.7 Å². The molecule has 4 heterocycles. The van der Waals surface area contributed by atoms with E-state index in [0.717, 1.165) is 40.7 Å². The maximum atomic E-state index is 13.4. The summed E-state index contributed by atoms with van der Waals surface area (Å²) >= 11 is 6.23. The van der Waals surface area contributed by atoms with Crippen LogP contribution in [0.3, 0.4) is 0 Å². The largest absolute Gasteiger partial charge is 0.342 e. The monoisotopic (exact) mass is 470 g/mol. The number of aromatic nitrogens is 2. The van der Waals surface area contributed by atoms with Gasteiger partial charge in [0.2, 0.25) is 15.9 Å². The molecule has 0 unspecified atom stereocenters. The number of hydrogen-bond donors (Lipinski definition) is 0. The van der Waals surface area contributed by atoms with Gasteiger partial charge in [0.1, 0.15) is 0 Å². The fourth-order valence-electron chi connectivity index (χ4n) is 5.26. The Bertz CT molecular complexity index is 1360. The Morgan fingerprint density at radius 3 is 2.72 bits per heavy atom. The summed E-state index contributed by atoms with van der Waals surface area (Å²) in [6.45, 7) is 1.91. The molecule has 2 aliphatic heterocycles. The number of sulfonamides is 1. The second kappa shape index (κ2) is 7.04. The first-order valence-electron chi connectivity index (χ1n) is 10.9. The summed E-state index contributed by atoms with van der Waals surface area (Å²) in [6.07, 6.45) is 5.97. The molecular weight excluding hydrogens is 448 g/mol. The molecule has 2 aromatic heterocycles. The maximum Gasteiger partial charge on any atom is 0.238 e. The van der Waals surface area contributed by atoms with E-state index in [1.165, 1.54) is 0 Å². The molecule has 1 saturated carbocycles. The Kier molecular flexibility index (Phi) is 4.44. The first-order valence-corrected chi connectivity index (χ1v) is 12.9. The van der Waals surface area contributed by atoms with Crippen LogP contribution in [0.15, 0.2) is 42.7 Å². The number of carbonyl (C=O) groups excluding carboxylic acids is 1. The Hall–Kier alpha value is -2.42. The molecule has 1 amide bonds. The van der Waals surface area contributed by atoms with E-state index >= 15 is 0 Å². The van der Waals surface area contributed by atoms with E-state index < -0.39 is 10.0 Å². The highest BCUT2D eigenvalue weighted by Gasteiger charge is 2.59. The number of pyridine rings is 1. The number of hydrogen-bond acceptors (Lipinski definition) is 4. The molecule has 7 nitrogen and oxygen atoms in total. The summed E-state index contributed by atoms with van der Waals surface area (Å²) in [4.78, 5) is 19.5. The predicted molar refractivity (Wildman–Crippen MR) is 123 cm³/mol. The number of amides is 1. The minimum Gasteiger partial charge on any atom is -0.342 e. The zero-order chi connectivity index (χ0) is 22.1. The summed E-state index contributed by atoms with van der Waals surface area (Å²) in [5, 5.41) is 1.63. The Labute approximate surface area is 191 Å². The van der Waals surface area contributed by atoms with Gasteiger partial charge >= 0.3 is 0 Å². The second-order valence-electron chi connectivity index (χ2n) is 8.93. The normalized spacial score (nSPS) is 21.0. The minimum atomic E-state index is -3.17. The summed E-state index contributed by atoms with van der Waals surface area (Å²) in [6, 6.07) is 9.74. The van der Waals surface area contributed by atoms with E-state index in [4.69, 9.17) is 11.6 Å². The Morgan fingerprint density at radius 2 is 1.97 bits per heavy atom. The molecule has 2 fully saturated rings. The fourth-order valence-corrected chi connectivity index (χ4v) is 6.96. The topological polar surface area (TPSA) is 75.5 Å². The lowest BCUT2D eigenvalue weighted by molar-refractivity contribution is -0.120. The number of fused-ring (bicyclic) bond motifs is 3. The molecule has 1 aromatic carbocycles. The van der Waals surface area contributed by atoms with Crippen molar-refractivity contribution in [3.05, 3.63) is 59.0 Å². The van der Waals surface area contributed by atoms with Crippen LogP contribution in [0.2, 0.25) is 5.02 Å². The van der Waals surface area contributed by atoms with Crippen LogP contribution in [0.4, 0.5) is 5.69 Å². The third kappa shape index (κ3) is 3.00. The summed E-state index contributed by atoms with van der Waals surface area (Å²) in [7, 11) is -3.17. The predicted octanol–water partition coefficient (Wildman–Crippen LogP) is 3.30. The number of nitrogens with zero attached hydrogens (tertiary/aromatic N) is 4. The highest BCUT2D eigenvalue weighted by Crippen LogP contribution is 2.57. The zero-order valence-electron chi connectivity index (χ0n) is 17.5. The molecule has 6 rings (SSSR count). The first kappa shape index (κ1) is 20.2. The lowest BCUT2D eigenvalue weighted by Crippen LogP contribution is -2.33. The van der Waals surface area contributed by atoms with Crippen LogP contribution in [0, 0.1) is 0 Å². The van der Waals surface area contributed by atoms with Gasteiger partial charge in [0.15, 0.2) is 0 Å². The number of rotatable bonds is 5. The highest BCUT2D eigenvalue weighted by molar-refractivity contribution is 7.89. The van der Waals surface area contributed by atoms with Crippen molar-refractivity contribution in [1.29, 1.82) is 0 Å². The van der Waals surface area contributed by atoms with Gasteiger partial charge in [0, 0.05) is 47.5 Å². The summed E-state index contributed by atoms with van der Waals surface area (Å²) in [5.41, 5.74) is 3.53. The molecule has 0 atom stereocenters. The van der Waals surface area contributed by atoms with Crippen LogP contribution in [0.5, 0.6) is 0 Å². The maximum absolute atomic E-state index is 13.4. The van der Waals surface area contributed by atoms with Gasteiger partial charge in [-0.15, -0.1) is 0 Å². The number of anilines is 1. The number of halogens is 1. The zero-order valence-corrected chi connectivity index (χ0v) is 19.1. The van der Waals surface area contributed by atoms with Gasteiger partial charge in [-0.1, -0.05) is 11.6 Å². The van der Waals surface area contributed by atoms with Crippen molar-refractivity contribution in [2.24, 2.45) is 0 Å². The van der Waals surface area contributed by atoms with E-state index in [9.17, 15) is 13.2 Å². The van der Waals surface area contributed by atoms with Gasteiger partial charge in [-0.05, 0) is 55.2 Å². The van der Waals surface area contributed by atoms with Crippen LogP contribution < -0.4 is 4.90 Å². The van der Waals surface area contributed by atoms with Crippen LogP contribution in [0.1, 0.15) is 30.5 Å².